The van der Waals surface area contributed by atoms with E-state index in [1.54, 1.807) is 49.8 Å². The first kappa shape index (κ1) is 17.4. The molecule has 3 rings (SSSR count). The van der Waals surface area contributed by atoms with Crippen molar-refractivity contribution in [1.82, 2.24) is 9.78 Å². The number of rotatable bonds is 5. The summed E-state index contributed by atoms with van der Waals surface area (Å²) in [5, 5.41) is 6.80. The van der Waals surface area contributed by atoms with Crippen LogP contribution in [0.3, 0.4) is 0 Å². The van der Waals surface area contributed by atoms with Gasteiger partial charge in [-0.2, -0.15) is 5.10 Å². The van der Waals surface area contributed by atoms with Gasteiger partial charge in [0, 0.05) is 24.5 Å². The maximum Gasteiger partial charge on any atom is 0.296 e. The molecule has 1 heterocycles. The lowest BCUT2D eigenvalue weighted by Gasteiger charge is -2.09. The second-order valence-electron chi connectivity index (χ2n) is 5.90. The topological polar surface area (TPSA) is 73.2 Å². The van der Waals surface area contributed by atoms with E-state index in [4.69, 9.17) is 4.74 Å². The number of aryl methyl sites for hydroxylation is 2. The summed E-state index contributed by atoms with van der Waals surface area (Å²) < 4.78 is 7.33. The maximum absolute atomic E-state index is 12.5. The van der Waals surface area contributed by atoms with Crippen LogP contribution >= 0.6 is 0 Å². The van der Waals surface area contributed by atoms with Gasteiger partial charge in [-0.3, -0.25) is 14.3 Å². The van der Waals surface area contributed by atoms with Gasteiger partial charge >= 0.3 is 0 Å². The van der Waals surface area contributed by atoms with E-state index in [-0.39, 0.29) is 0 Å². The molecular formula is C20H19N3O3. The standard InChI is InChI=1S/C20H19N3O3/c1-13-18(14(2)23(3)22-13)19(24)20(25)21-15-8-7-11-17(12-15)26-16-9-5-4-6-10-16/h4-12H,1-3H3,(H,21,25). The van der Waals surface area contributed by atoms with E-state index in [2.05, 4.69) is 10.4 Å². The van der Waals surface area contributed by atoms with E-state index in [0.717, 1.165) is 0 Å². The Hall–Kier alpha value is -3.41. The highest BCUT2D eigenvalue weighted by molar-refractivity contribution is 6.47. The first-order valence-corrected chi connectivity index (χ1v) is 8.14. The van der Waals surface area contributed by atoms with Crippen molar-refractivity contribution in [3.05, 3.63) is 71.5 Å². The second kappa shape index (κ2) is 7.23. The molecule has 26 heavy (non-hydrogen) atoms. The van der Waals surface area contributed by atoms with Crippen LogP contribution in [0.1, 0.15) is 21.7 Å². The van der Waals surface area contributed by atoms with Crippen LogP contribution in [0, 0.1) is 13.8 Å². The predicted octanol–water partition coefficient (Wildman–Crippen LogP) is 3.65. The smallest absolute Gasteiger partial charge is 0.296 e. The van der Waals surface area contributed by atoms with E-state index >= 15 is 0 Å². The fourth-order valence-corrected chi connectivity index (χ4v) is 2.67. The molecule has 0 saturated heterocycles. The van der Waals surface area contributed by atoms with Crippen LogP contribution < -0.4 is 10.1 Å². The third kappa shape index (κ3) is 3.64. The van der Waals surface area contributed by atoms with E-state index in [9.17, 15) is 9.59 Å². The van der Waals surface area contributed by atoms with Crippen molar-refractivity contribution in [2.75, 3.05) is 5.32 Å². The fourth-order valence-electron chi connectivity index (χ4n) is 2.67. The first-order chi connectivity index (χ1) is 12.5. The summed E-state index contributed by atoms with van der Waals surface area (Å²) in [6.45, 7) is 3.47. The lowest BCUT2D eigenvalue weighted by Crippen LogP contribution is -2.24. The zero-order valence-electron chi connectivity index (χ0n) is 14.8. The van der Waals surface area contributed by atoms with Gasteiger partial charge in [-0.25, -0.2) is 0 Å². The maximum atomic E-state index is 12.5. The van der Waals surface area contributed by atoms with Crippen LogP contribution in [0.25, 0.3) is 0 Å². The molecular weight excluding hydrogens is 330 g/mol. The number of amides is 1. The minimum Gasteiger partial charge on any atom is -0.457 e. The molecule has 0 spiro atoms. The van der Waals surface area contributed by atoms with Gasteiger partial charge in [-0.15, -0.1) is 0 Å². The Bertz CT molecular complexity index is 962. The minimum absolute atomic E-state index is 0.335. The molecule has 0 unspecified atom stereocenters. The van der Waals surface area contributed by atoms with E-state index in [0.29, 0.717) is 34.1 Å². The summed E-state index contributed by atoms with van der Waals surface area (Å²) in [5.74, 6) is -0.0626. The minimum atomic E-state index is -0.707. The number of Topliss-reactive ketones (excluding diaryl/α,β-unsaturated/α-hetero) is 1. The number of aromatic nitrogens is 2. The Morgan fingerprint density at radius 1 is 1.00 bits per heavy atom. The molecule has 0 saturated carbocycles. The number of benzene rings is 2. The van der Waals surface area contributed by atoms with E-state index in [1.165, 1.54) is 0 Å². The molecule has 6 heteroatoms. The number of nitrogens with zero attached hydrogens (tertiary/aromatic N) is 2. The molecule has 1 N–H and O–H groups in total. The van der Waals surface area contributed by atoms with Crippen molar-refractivity contribution in [1.29, 1.82) is 0 Å². The lowest BCUT2D eigenvalue weighted by molar-refractivity contribution is -0.112. The van der Waals surface area contributed by atoms with Crippen molar-refractivity contribution < 1.29 is 14.3 Å². The number of ether oxygens (including phenoxy) is 1. The molecule has 0 radical (unpaired) electrons. The third-order valence-corrected chi connectivity index (χ3v) is 4.01. The highest BCUT2D eigenvalue weighted by atomic mass is 16.5. The summed E-state index contributed by atoms with van der Waals surface area (Å²) in [5.41, 5.74) is 2.01. The number of anilines is 1. The van der Waals surface area contributed by atoms with Gasteiger partial charge in [-0.05, 0) is 38.1 Å². The van der Waals surface area contributed by atoms with E-state index in [1.807, 2.05) is 30.3 Å². The van der Waals surface area contributed by atoms with Crippen molar-refractivity contribution in [3.8, 4) is 11.5 Å². The number of hydrogen-bond donors (Lipinski definition) is 1. The number of para-hydroxylation sites is 1. The summed E-state index contributed by atoms with van der Waals surface area (Å²) in [6.07, 6.45) is 0. The zero-order valence-corrected chi connectivity index (χ0v) is 14.8. The highest BCUT2D eigenvalue weighted by Gasteiger charge is 2.24. The number of carbonyl (C=O) groups is 2. The summed E-state index contributed by atoms with van der Waals surface area (Å²) in [4.78, 5) is 24.8. The molecule has 3 aromatic rings. The van der Waals surface area contributed by atoms with Crippen molar-refractivity contribution >= 4 is 17.4 Å². The van der Waals surface area contributed by atoms with Crippen LogP contribution in [0.15, 0.2) is 54.6 Å². The summed E-state index contributed by atoms with van der Waals surface area (Å²) in [6, 6.07) is 16.2. The average molecular weight is 349 g/mol. The van der Waals surface area contributed by atoms with Gasteiger partial charge < -0.3 is 10.1 Å². The molecule has 1 amide bonds. The van der Waals surface area contributed by atoms with Gasteiger partial charge in [-0.1, -0.05) is 24.3 Å². The molecule has 6 nitrogen and oxygen atoms in total. The van der Waals surface area contributed by atoms with Crippen molar-refractivity contribution in [2.45, 2.75) is 13.8 Å². The summed E-state index contributed by atoms with van der Waals surface area (Å²) in [7, 11) is 1.74. The monoisotopic (exact) mass is 349 g/mol. The third-order valence-electron chi connectivity index (χ3n) is 4.01. The average Bonchev–Trinajstić information content (AvgIpc) is 2.87. The van der Waals surface area contributed by atoms with Gasteiger partial charge in [0.05, 0.1) is 11.3 Å². The molecule has 0 fully saturated rings. The molecule has 0 bridgehead atoms. The van der Waals surface area contributed by atoms with Crippen LogP contribution in [-0.2, 0) is 11.8 Å². The molecule has 1 aromatic heterocycles. The largest absolute Gasteiger partial charge is 0.457 e. The molecule has 0 aliphatic carbocycles. The molecule has 2 aromatic carbocycles. The zero-order chi connectivity index (χ0) is 18.7. The number of carbonyl (C=O) groups excluding carboxylic acids is 2. The lowest BCUT2D eigenvalue weighted by atomic mass is 10.1. The molecule has 132 valence electrons. The number of nitrogens with one attached hydrogen (secondary N) is 1. The van der Waals surface area contributed by atoms with E-state index < -0.39 is 11.7 Å². The first-order valence-electron chi connectivity index (χ1n) is 8.14. The quantitative estimate of drug-likeness (QED) is 0.564. The van der Waals surface area contributed by atoms with Gasteiger partial charge in [0.15, 0.2) is 0 Å². The SMILES string of the molecule is Cc1nn(C)c(C)c1C(=O)C(=O)Nc1cccc(Oc2ccccc2)c1. The van der Waals surface area contributed by atoms with Gasteiger partial charge in [0.2, 0.25) is 0 Å². The van der Waals surface area contributed by atoms with Gasteiger partial charge in [0.25, 0.3) is 11.7 Å². The van der Waals surface area contributed by atoms with Crippen molar-refractivity contribution in [2.24, 2.45) is 7.05 Å². The summed E-state index contributed by atoms with van der Waals surface area (Å²) >= 11 is 0. The van der Waals surface area contributed by atoms with Crippen LogP contribution in [0.2, 0.25) is 0 Å². The molecule has 0 atom stereocenters. The molecule has 0 aliphatic rings. The Labute approximate surface area is 151 Å². The normalized spacial score (nSPS) is 10.4. The Balaban J connectivity index is 1.75. The number of ketones is 1. The van der Waals surface area contributed by atoms with Crippen LogP contribution in [-0.4, -0.2) is 21.5 Å². The molecule has 0 aliphatic heterocycles. The van der Waals surface area contributed by atoms with Crippen LogP contribution in [0.5, 0.6) is 11.5 Å². The Morgan fingerprint density at radius 2 is 1.69 bits per heavy atom. The predicted molar refractivity (Wildman–Crippen MR) is 98.6 cm³/mol. The highest BCUT2D eigenvalue weighted by Crippen LogP contribution is 2.24. The number of hydrogen-bond acceptors (Lipinski definition) is 4. The fraction of sp³-hybridized carbons (Fsp3) is 0.150. The van der Waals surface area contributed by atoms with Gasteiger partial charge in [0.1, 0.15) is 11.5 Å². The van der Waals surface area contributed by atoms with Crippen molar-refractivity contribution in [3.63, 3.8) is 0 Å². The Morgan fingerprint density at radius 3 is 2.35 bits per heavy atom. The Kier molecular flexibility index (Phi) is 4.84. The van der Waals surface area contributed by atoms with Crippen LogP contribution in [0.4, 0.5) is 5.69 Å². The second-order valence-corrected chi connectivity index (χ2v) is 5.90.